The molecule has 3 nitrogen and oxygen atoms in total. The highest BCUT2D eigenvalue weighted by Crippen LogP contribution is 2.36. The van der Waals surface area contributed by atoms with Crippen molar-refractivity contribution in [1.29, 1.82) is 0 Å². The van der Waals surface area contributed by atoms with Gasteiger partial charge in [0.25, 0.3) is 0 Å². The van der Waals surface area contributed by atoms with E-state index in [0.29, 0.717) is 12.2 Å². The lowest BCUT2D eigenvalue weighted by Gasteiger charge is -2.28. The highest BCUT2D eigenvalue weighted by atomic mass is 19.4. The fourth-order valence-electron chi connectivity index (χ4n) is 3.40. The van der Waals surface area contributed by atoms with Gasteiger partial charge in [0.15, 0.2) is 11.5 Å². The number of fused-ring (bicyclic) bond motifs is 1. The number of rotatable bonds is 5. The van der Waals surface area contributed by atoms with Crippen molar-refractivity contribution in [2.45, 2.75) is 45.3 Å². The maximum Gasteiger partial charge on any atom is 0.416 e. The summed E-state index contributed by atoms with van der Waals surface area (Å²) >= 11 is 0. The molecule has 1 heterocycles. The number of hydrogen-bond acceptors (Lipinski definition) is 3. The molecule has 0 saturated carbocycles. The molecule has 0 aliphatic carbocycles. The molecule has 0 fully saturated rings. The number of alkyl halides is 3. The first-order chi connectivity index (χ1) is 13.4. The van der Waals surface area contributed by atoms with Gasteiger partial charge in [0.1, 0.15) is 0 Å². The molecule has 0 aromatic heterocycles. The number of benzene rings is 2. The minimum Gasteiger partial charge on any atom is -0.493 e. The second-order valence-corrected chi connectivity index (χ2v) is 6.40. The first-order valence-corrected chi connectivity index (χ1v) is 9.56. The van der Waals surface area contributed by atoms with E-state index in [4.69, 9.17) is 9.47 Å². The van der Waals surface area contributed by atoms with Gasteiger partial charge in [0.2, 0.25) is 0 Å². The van der Waals surface area contributed by atoms with E-state index in [1.165, 1.54) is 11.1 Å². The number of methoxy groups -OCH3 is 2. The Bertz CT molecular complexity index is 758. The summed E-state index contributed by atoms with van der Waals surface area (Å²) in [6.45, 7) is 4.86. The molecular weight excluding hydrogens is 367 g/mol. The summed E-state index contributed by atoms with van der Waals surface area (Å²) in [5, 5.41) is 3.49. The zero-order valence-corrected chi connectivity index (χ0v) is 16.8. The van der Waals surface area contributed by atoms with E-state index in [-0.39, 0.29) is 6.04 Å². The fraction of sp³-hybridized carbons (Fsp3) is 0.455. The topological polar surface area (TPSA) is 30.5 Å². The van der Waals surface area contributed by atoms with Gasteiger partial charge < -0.3 is 14.8 Å². The van der Waals surface area contributed by atoms with Gasteiger partial charge in [-0.25, -0.2) is 0 Å². The number of halogens is 3. The van der Waals surface area contributed by atoms with Crippen LogP contribution < -0.4 is 14.8 Å². The molecule has 1 atom stereocenters. The molecule has 154 valence electrons. The highest BCUT2D eigenvalue weighted by molar-refractivity contribution is 5.49. The van der Waals surface area contributed by atoms with Gasteiger partial charge >= 0.3 is 6.18 Å². The molecule has 0 radical (unpaired) electrons. The molecule has 0 bridgehead atoms. The molecule has 0 unspecified atom stereocenters. The number of nitrogens with one attached hydrogen (secondary N) is 1. The van der Waals surface area contributed by atoms with Crippen molar-refractivity contribution in [3.05, 3.63) is 58.7 Å². The molecule has 1 N–H and O–H groups in total. The van der Waals surface area contributed by atoms with Gasteiger partial charge in [-0.15, -0.1) is 0 Å². The van der Waals surface area contributed by atoms with Gasteiger partial charge in [0, 0.05) is 6.04 Å². The average Bonchev–Trinajstić information content (AvgIpc) is 2.72. The van der Waals surface area contributed by atoms with E-state index in [1.54, 1.807) is 26.4 Å². The second kappa shape index (κ2) is 9.82. The van der Waals surface area contributed by atoms with Gasteiger partial charge in [-0.3, -0.25) is 0 Å². The molecule has 1 aliphatic rings. The Morgan fingerprint density at radius 1 is 1.00 bits per heavy atom. The first kappa shape index (κ1) is 22.1. The SMILES string of the molecule is CC.COc1cc2c(cc1OC)[C@H](CCc1ccc(C(F)(F)F)cc1)NCC2. The Morgan fingerprint density at radius 3 is 2.18 bits per heavy atom. The monoisotopic (exact) mass is 395 g/mol. The Balaban J connectivity index is 0.00000136. The van der Waals surface area contributed by atoms with Crippen LogP contribution in [0.15, 0.2) is 36.4 Å². The summed E-state index contributed by atoms with van der Waals surface area (Å²) in [4.78, 5) is 0. The van der Waals surface area contributed by atoms with Gasteiger partial charge in [-0.05, 0) is 66.8 Å². The molecule has 3 rings (SSSR count). The summed E-state index contributed by atoms with van der Waals surface area (Å²) in [6.07, 6.45) is -1.89. The minimum absolute atomic E-state index is 0.140. The highest BCUT2D eigenvalue weighted by Gasteiger charge is 2.30. The lowest BCUT2D eigenvalue weighted by Crippen LogP contribution is -2.30. The Labute approximate surface area is 164 Å². The Hall–Kier alpha value is -2.21. The van der Waals surface area contributed by atoms with Crippen molar-refractivity contribution in [3.8, 4) is 11.5 Å². The average molecular weight is 395 g/mol. The molecule has 0 amide bonds. The van der Waals surface area contributed by atoms with Gasteiger partial charge in [0.05, 0.1) is 19.8 Å². The molecular formula is C22H28F3NO2. The third-order valence-electron chi connectivity index (χ3n) is 4.81. The minimum atomic E-state index is -4.29. The van der Waals surface area contributed by atoms with Crippen LogP contribution >= 0.6 is 0 Å². The normalized spacial score (nSPS) is 15.9. The second-order valence-electron chi connectivity index (χ2n) is 6.40. The van der Waals surface area contributed by atoms with Crippen LogP contribution in [-0.2, 0) is 19.0 Å². The van der Waals surface area contributed by atoms with Crippen LogP contribution in [0.3, 0.4) is 0 Å². The molecule has 2 aromatic rings. The zero-order valence-electron chi connectivity index (χ0n) is 16.8. The van der Waals surface area contributed by atoms with E-state index < -0.39 is 11.7 Å². The predicted octanol–water partition coefficient (Wildman–Crippen LogP) is 5.57. The molecule has 6 heteroatoms. The van der Waals surface area contributed by atoms with E-state index >= 15 is 0 Å². The van der Waals surface area contributed by atoms with Crippen LogP contribution in [0.2, 0.25) is 0 Å². The van der Waals surface area contributed by atoms with Gasteiger partial charge in [-0.1, -0.05) is 26.0 Å². The third-order valence-corrected chi connectivity index (χ3v) is 4.81. The summed E-state index contributed by atoms with van der Waals surface area (Å²) in [5.41, 5.74) is 2.67. The third kappa shape index (κ3) is 5.19. The maximum absolute atomic E-state index is 12.7. The van der Waals surface area contributed by atoms with Crippen molar-refractivity contribution >= 4 is 0 Å². The largest absolute Gasteiger partial charge is 0.493 e. The lowest BCUT2D eigenvalue weighted by molar-refractivity contribution is -0.137. The Morgan fingerprint density at radius 2 is 1.61 bits per heavy atom. The van der Waals surface area contributed by atoms with Crippen LogP contribution in [0.5, 0.6) is 11.5 Å². The number of ether oxygens (including phenoxy) is 2. The van der Waals surface area contributed by atoms with E-state index in [2.05, 4.69) is 5.32 Å². The van der Waals surface area contributed by atoms with Crippen LogP contribution in [0.4, 0.5) is 13.2 Å². The van der Waals surface area contributed by atoms with Crippen molar-refractivity contribution in [2.75, 3.05) is 20.8 Å². The van der Waals surface area contributed by atoms with Gasteiger partial charge in [-0.2, -0.15) is 13.2 Å². The summed E-state index contributed by atoms with van der Waals surface area (Å²) in [7, 11) is 3.23. The summed E-state index contributed by atoms with van der Waals surface area (Å²) in [5.74, 6) is 1.41. The van der Waals surface area contributed by atoms with E-state index in [1.807, 2.05) is 26.0 Å². The van der Waals surface area contributed by atoms with Crippen molar-refractivity contribution in [2.24, 2.45) is 0 Å². The van der Waals surface area contributed by atoms with Crippen LogP contribution in [0, 0.1) is 0 Å². The zero-order chi connectivity index (χ0) is 20.7. The quantitative estimate of drug-likeness (QED) is 0.718. The molecule has 2 aromatic carbocycles. The van der Waals surface area contributed by atoms with E-state index in [0.717, 1.165) is 42.8 Å². The van der Waals surface area contributed by atoms with Crippen molar-refractivity contribution < 1.29 is 22.6 Å². The molecule has 28 heavy (non-hydrogen) atoms. The standard InChI is InChI=1S/C20H22F3NO2.C2H6/c1-25-18-11-14-9-10-24-17(16(14)12-19(18)26-2)8-5-13-3-6-15(7-4-13)20(21,22)23;1-2/h3-4,6-7,11-12,17,24H,5,8-10H2,1-2H3;1-2H3/t17-;/m0./s1. The summed E-state index contributed by atoms with van der Waals surface area (Å²) in [6, 6.07) is 9.55. The number of hydrogen-bond donors (Lipinski definition) is 1. The van der Waals surface area contributed by atoms with Crippen LogP contribution in [-0.4, -0.2) is 20.8 Å². The lowest BCUT2D eigenvalue weighted by atomic mass is 9.90. The number of aryl methyl sites for hydroxylation is 1. The maximum atomic E-state index is 12.7. The predicted molar refractivity (Wildman–Crippen MR) is 105 cm³/mol. The molecule has 0 spiro atoms. The molecule has 0 saturated heterocycles. The van der Waals surface area contributed by atoms with E-state index in [9.17, 15) is 13.2 Å². The summed E-state index contributed by atoms with van der Waals surface area (Å²) < 4.78 is 48.8. The van der Waals surface area contributed by atoms with Crippen molar-refractivity contribution in [3.63, 3.8) is 0 Å². The van der Waals surface area contributed by atoms with Crippen LogP contribution in [0.25, 0.3) is 0 Å². The molecule has 1 aliphatic heterocycles. The van der Waals surface area contributed by atoms with Crippen LogP contribution in [0.1, 0.15) is 48.6 Å². The van der Waals surface area contributed by atoms with Crippen molar-refractivity contribution in [1.82, 2.24) is 5.32 Å². The fourth-order valence-corrected chi connectivity index (χ4v) is 3.40. The first-order valence-electron chi connectivity index (χ1n) is 9.56. The smallest absolute Gasteiger partial charge is 0.416 e. The Kier molecular flexibility index (Phi) is 7.75.